The monoisotopic (exact) mass is 378 g/mol. The first-order chi connectivity index (χ1) is 12.2. The lowest BCUT2D eigenvalue weighted by Crippen LogP contribution is -2.78. The molecule has 1 aromatic carbocycles. The van der Waals surface area contributed by atoms with Crippen LogP contribution in [0.5, 0.6) is 5.75 Å². The maximum Gasteiger partial charge on any atom is 0.327 e. The Balaban J connectivity index is 1.62. The first-order valence-electron chi connectivity index (χ1n) is 8.08. The van der Waals surface area contributed by atoms with Gasteiger partial charge in [0.25, 0.3) is 17.5 Å². The van der Waals surface area contributed by atoms with Crippen LogP contribution in [0.25, 0.3) is 0 Å². The summed E-state index contributed by atoms with van der Waals surface area (Å²) in [6.45, 7) is 3.54. The van der Waals surface area contributed by atoms with Crippen LogP contribution < -0.4 is 10.1 Å². The first-order valence-corrected chi connectivity index (χ1v) is 8.96. The number of methoxy groups -OCH3 is 1. The van der Waals surface area contributed by atoms with Crippen LogP contribution in [-0.2, 0) is 19.1 Å². The standard InChI is InChI=1S/C17H18N2O6S/c1-16(2)11(13(21)22)19-14(23)17(15(19)26-16)18-12(20)10(25-17)8-4-6-9(24-3)7-5-8/h4-7,10-11,15H,1-3H3,(H,18,20)(H,21,22)/t10?,11?,15-,17?/m0/s1. The van der Waals surface area contributed by atoms with Gasteiger partial charge in [0, 0.05) is 4.75 Å². The molecule has 2 N–H and O–H groups in total. The van der Waals surface area contributed by atoms with Crippen LogP contribution >= 0.6 is 11.8 Å². The molecule has 3 heterocycles. The number of amides is 2. The summed E-state index contributed by atoms with van der Waals surface area (Å²) in [7, 11) is 1.54. The molecule has 3 fully saturated rings. The van der Waals surface area contributed by atoms with Gasteiger partial charge in [0.15, 0.2) is 6.10 Å². The number of ether oxygens (including phenoxy) is 2. The van der Waals surface area contributed by atoms with Crippen LogP contribution in [0.1, 0.15) is 25.5 Å². The molecule has 0 bridgehead atoms. The zero-order valence-electron chi connectivity index (χ0n) is 14.4. The number of nitrogens with zero attached hydrogens (tertiary/aromatic N) is 1. The average molecular weight is 378 g/mol. The zero-order valence-corrected chi connectivity index (χ0v) is 15.2. The van der Waals surface area contributed by atoms with Crippen molar-refractivity contribution in [1.82, 2.24) is 10.2 Å². The quantitative estimate of drug-likeness (QED) is 0.747. The number of carbonyl (C=O) groups excluding carboxylic acids is 2. The van der Waals surface area contributed by atoms with Crippen molar-refractivity contribution in [3.8, 4) is 5.75 Å². The number of carboxylic acids is 1. The van der Waals surface area contributed by atoms with Gasteiger partial charge < -0.3 is 24.8 Å². The molecule has 3 aliphatic rings. The number of thioether (sulfide) groups is 1. The molecule has 3 saturated heterocycles. The summed E-state index contributed by atoms with van der Waals surface area (Å²) < 4.78 is 10.3. The Labute approximate surface area is 153 Å². The number of fused-ring (bicyclic) bond motifs is 2. The molecule has 0 aliphatic carbocycles. The van der Waals surface area contributed by atoms with Gasteiger partial charge >= 0.3 is 5.97 Å². The van der Waals surface area contributed by atoms with Gasteiger partial charge in [0.2, 0.25) is 0 Å². The van der Waals surface area contributed by atoms with Crippen LogP contribution in [0.4, 0.5) is 0 Å². The molecule has 0 saturated carbocycles. The number of hydrogen-bond acceptors (Lipinski definition) is 6. The number of carbonyl (C=O) groups is 3. The van der Waals surface area contributed by atoms with E-state index in [2.05, 4.69) is 5.32 Å². The molecule has 0 aromatic heterocycles. The topological polar surface area (TPSA) is 105 Å². The summed E-state index contributed by atoms with van der Waals surface area (Å²) in [5.41, 5.74) is -0.906. The lowest BCUT2D eigenvalue weighted by atomic mass is 9.94. The van der Waals surface area contributed by atoms with Crippen LogP contribution in [-0.4, -0.2) is 56.8 Å². The minimum Gasteiger partial charge on any atom is -0.497 e. The summed E-state index contributed by atoms with van der Waals surface area (Å²) in [5, 5.41) is 11.6. The summed E-state index contributed by atoms with van der Waals surface area (Å²) >= 11 is 1.32. The van der Waals surface area contributed by atoms with Gasteiger partial charge in [-0.1, -0.05) is 12.1 Å². The fourth-order valence-corrected chi connectivity index (χ4v) is 5.40. The molecular weight excluding hydrogens is 360 g/mol. The third-order valence-corrected chi connectivity index (χ3v) is 6.62. The minimum absolute atomic E-state index is 0.416. The Hall–Kier alpha value is -2.26. The normalized spacial score (nSPS) is 34.4. The molecule has 1 spiro atoms. The number of benzene rings is 1. The Morgan fingerprint density at radius 2 is 1.96 bits per heavy atom. The van der Waals surface area contributed by atoms with E-state index in [0.717, 1.165) is 0 Å². The smallest absolute Gasteiger partial charge is 0.327 e. The zero-order chi connectivity index (χ0) is 18.9. The molecule has 4 rings (SSSR count). The van der Waals surface area contributed by atoms with E-state index < -0.39 is 45.8 Å². The third-order valence-electron chi connectivity index (χ3n) is 5.01. The highest BCUT2D eigenvalue weighted by Crippen LogP contribution is 2.57. The Morgan fingerprint density at radius 1 is 1.31 bits per heavy atom. The maximum atomic E-state index is 12.8. The van der Waals surface area contributed by atoms with Gasteiger partial charge in [-0.15, -0.1) is 11.8 Å². The number of aliphatic carboxylic acids is 1. The second kappa shape index (κ2) is 5.37. The van der Waals surface area contributed by atoms with Crippen LogP contribution in [0.15, 0.2) is 24.3 Å². The number of nitrogens with one attached hydrogen (secondary N) is 1. The summed E-state index contributed by atoms with van der Waals surface area (Å²) in [4.78, 5) is 38.2. The van der Waals surface area contributed by atoms with Crippen molar-refractivity contribution < 1.29 is 29.0 Å². The van der Waals surface area contributed by atoms with Gasteiger partial charge in [-0.2, -0.15) is 0 Å². The van der Waals surface area contributed by atoms with Crippen LogP contribution in [0.3, 0.4) is 0 Å². The van der Waals surface area contributed by atoms with E-state index in [0.29, 0.717) is 11.3 Å². The SMILES string of the molecule is COc1ccc(C2OC3(NC2=O)C(=O)N2C(C(=O)O)C(C)(C)S[C@H]23)cc1. The van der Waals surface area contributed by atoms with Gasteiger partial charge in [-0.05, 0) is 31.5 Å². The molecule has 138 valence electrons. The van der Waals surface area contributed by atoms with E-state index >= 15 is 0 Å². The fraction of sp³-hybridized carbons (Fsp3) is 0.471. The van der Waals surface area contributed by atoms with Crippen molar-refractivity contribution in [2.45, 2.75) is 41.8 Å². The predicted octanol–water partition coefficient (Wildman–Crippen LogP) is 0.726. The largest absolute Gasteiger partial charge is 0.497 e. The van der Waals surface area contributed by atoms with E-state index in [9.17, 15) is 19.5 Å². The second-order valence-corrected chi connectivity index (χ2v) is 8.76. The van der Waals surface area contributed by atoms with Crippen LogP contribution in [0.2, 0.25) is 0 Å². The predicted molar refractivity (Wildman–Crippen MR) is 91.4 cm³/mol. The van der Waals surface area contributed by atoms with E-state index in [1.165, 1.54) is 16.7 Å². The Kier molecular flexibility index (Phi) is 3.55. The number of β-lactam (4-membered cyclic amide) rings is 1. The molecule has 3 unspecified atom stereocenters. The van der Waals surface area contributed by atoms with Gasteiger partial charge in [0.1, 0.15) is 17.2 Å². The van der Waals surface area contributed by atoms with Crippen molar-refractivity contribution in [2.24, 2.45) is 0 Å². The van der Waals surface area contributed by atoms with Crippen molar-refractivity contribution in [3.63, 3.8) is 0 Å². The lowest BCUT2D eigenvalue weighted by Gasteiger charge is -2.49. The van der Waals surface area contributed by atoms with Crippen molar-refractivity contribution in [3.05, 3.63) is 29.8 Å². The van der Waals surface area contributed by atoms with E-state index in [-0.39, 0.29) is 0 Å². The van der Waals surface area contributed by atoms with E-state index in [1.807, 2.05) is 0 Å². The first kappa shape index (κ1) is 17.2. The summed E-state index contributed by atoms with van der Waals surface area (Å²) in [5.74, 6) is -1.35. The molecule has 3 aliphatic heterocycles. The number of rotatable bonds is 3. The molecular formula is C17H18N2O6S. The summed E-state index contributed by atoms with van der Waals surface area (Å²) in [6.07, 6.45) is -0.931. The molecule has 1 aromatic rings. The minimum atomic E-state index is -1.51. The van der Waals surface area contributed by atoms with Crippen molar-refractivity contribution in [2.75, 3.05) is 7.11 Å². The van der Waals surface area contributed by atoms with Crippen molar-refractivity contribution in [1.29, 1.82) is 0 Å². The van der Waals surface area contributed by atoms with E-state index in [4.69, 9.17) is 9.47 Å². The Bertz CT molecular complexity index is 810. The maximum absolute atomic E-state index is 12.8. The molecule has 9 heteroatoms. The Morgan fingerprint density at radius 3 is 2.54 bits per heavy atom. The molecule has 2 amide bonds. The molecule has 26 heavy (non-hydrogen) atoms. The molecule has 0 radical (unpaired) electrons. The van der Waals surface area contributed by atoms with Gasteiger partial charge in [0.05, 0.1) is 7.11 Å². The third kappa shape index (κ3) is 2.10. The molecule has 8 nitrogen and oxygen atoms in total. The van der Waals surface area contributed by atoms with E-state index in [1.54, 1.807) is 45.2 Å². The highest BCUT2D eigenvalue weighted by atomic mass is 32.2. The molecule has 4 atom stereocenters. The highest BCUT2D eigenvalue weighted by molar-refractivity contribution is 8.01. The summed E-state index contributed by atoms with van der Waals surface area (Å²) in [6, 6.07) is 5.86. The fourth-order valence-electron chi connectivity index (χ4n) is 3.77. The van der Waals surface area contributed by atoms with Gasteiger partial charge in [-0.25, -0.2) is 4.79 Å². The van der Waals surface area contributed by atoms with Crippen molar-refractivity contribution >= 4 is 29.5 Å². The second-order valence-electron chi connectivity index (χ2n) is 7.02. The number of carboxylic acid groups (broad SMARTS) is 1. The number of hydrogen-bond donors (Lipinski definition) is 2. The van der Waals surface area contributed by atoms with Crippen LogP contribution in [0, 0.1) is 0 Å². The lowest BCUT2D eigenvalue weighted by molar-refractivity contribution is -0.199. The average Bonchev–Trinajstić information content (AvgIpc) is 3.09. The highest BCUT2D eigenvalue weighted by Gasteiger charge is 2.76. The van der Waals surface area contributed by atoms with Gasteiger partial charge in [-0.3, -0.25) is 9.59 Å².